The minimum absolute atomic E-state index is 0.150. The Hall–Kier alpha value is -3.59. The molecule has 0 spiro atoms. The molecule has 152 valence electrons. The van der Waals surface area contributed by atoms with E-state index in [1.165, 1.54) is 34.5 Å². The smallest absolute Gasteiger partial charge is 0.271 e. The monoisotopic (exact) mass is 426 g/mol. The van der Waals surface area contributed by atoms with E-state index in [9.17, 15) is 14.0 Å². The molecule has 1 aliphatic rings. The van der Waals surface area contributed by atoms with E-state index < -0.39 is 5.91 Å². The number of anilines is 1. The standard InChI is InChI=1S/C20H16ClFN6O2/c21-14-3-7-18(28-12-23-11-24-28)17(9-14)25-20(30)16-6-8-19(29)27(26-16)10-13-1-4-15(22)5-2-13/h1-5,7,9,11-12H,6,8,10H2,(H,25,30). The fourth-order valence-electron chi connectivity index (χ4n) is 2.99. The molecule has 0 radical (unpaired) electrons. The van der Waals surface area contributed by atoms with Crippen molar-refractivity contribution in [3.05, 3.63) is 71.5 Å². The molecule has 0 atom stereocenters. The van der Waals surface area contributed by atoms with Crippen LogP contribution >= 0.6 is 11.6 Å². The Kier molecular flexibility index (Phi) is 5.53. The molecule has 8 nitrogen and oxygen atoms in total. The number of carbonyl (C=O) groups is 2. The van der Waals surface area contributed by atoms with Crippen LogP contribution in [-0.4, -0.2) is 37.3 Å². The molecule has 4 rings (SSSR count). The summed E-state index contributed by atoms with van der Waals surface area (Å²) < 4.78 is 14.6. The summed E-state index contributed by atoms with van der Waals surface area (Å²) >= 11 is 6.08. The van der Waals surface area contributed by atoms with Crippen molar-refractivity contribution < 1.29 is 14.0 Å². The van der Waals surface area contributed by atoms with Crippen molar-refractivity contribution >= 4 is 34.8 Å². The highest BCUT2D eigenvalue weighted by molar-refractivity contribution is 6.44. The average molecular weight is 427 g/mol. The minimum Gasteiger partial charge on any atom is -0.319 e. The number of halogens is 2. The number of hydrogen-bond acceptors (Lipinski definition) is 5. The van der Waals surface area contributed by atoms with Crippen LogP contribution in [0.2, 0.25) is 5.02 Å². The van der Waals surface area contributed by atoms with Gasteiger partial charge in [0.05, 0.1) is 17.9 Å². The van der Waals surface area contributed by atoms with Gasteiger partial charge >= 0.3 is 0 Å². The highest BCUT2D eigenvalue weighted by Gasteiger charge is 2.25. The quantitative estimate of drug-likeness (QED) is 0.678. The van der Waals surface area contributed by atoms with Crippen LogP contribution in [-0.2, 0) is 16.1 Å². The Bertz CT molecular complexity index is 1110. The highest BCUT2D eigenvalue weighted by atomic mass is 35.5. The maximum atomic E-state index is 13.1. The molecule has 0 unspecified atom stereocenters. The molecule has 1 N–H and O–H groups in total. The van der Waals surface area contributed by atoms with Gasteiger partial charge in [-0.3, -0.25) is 9.59 Å². The van der Waals surface area contributed by atoms with Crippen molar-refractivity contribution in [1.82, 2.24) is 19.8 Å². The van der Waals surface area contributed by atoms with Gasteiger partial charge in [0.1, 0.15) is 24.2 Å². The average Bonchev–Trinajstić information content (AvgIpc) is 3.26. The van der Waals surface area contributed by atoms with Crippen molar-refractivity contribution in [3.63, 3.8) is 0 Å². The molecule has 3 aromatic rings. The van der Waals surface area contributed by atoms with Crippen LogP contribution in [0.4, 0.5) is 10.1 Å². The van der Waals surface area contributed by atoms with Gasteiger partial charge in [0, 0.05) is 17.9 Å². The lowest BCUT2D eigenvalue weighted by Gasteiger charge is -2.23. The molecule has 2 amide bonds. The molecule has 0 saturated heterocycles. The lowest BCUT2D eigenvalue weighted by Crippen LogP contribution is -2.36. The summed E-state index contributed by atoms with van der Waals surface area (Å²) in [6, 6.07) is 10.7. The molecule has 1 aliphatic heterocycles. The van der Waals surface area contributed by atoms with E-state index in [2.05, 4.69) is 20.5 Å². The van der Waals surface area contributed by atoms with Gasteiger partial charge in [0.2, 0.25) is 5.91 Å². The Balaban J connectivity index is 1.55. The van der Waals surface area contributed by atoms with Crippen molar-refractivity contribution in [2.24, 2.45) is 5.10 Å². The maximum absolute atomic E-state index is 13.1. The zero-order valence-electron chi connectivity index (χ0n) is 15.6. The molecule has 10 heteroatoms. The second-order valence-corrected chi connectivity index (χ2v) is 7.02. The number of benzene rings is 2. The first-order valence-corrected chi connectivity index (χ1v) is 9.45. The second kappa shape index (κ2) is 8.42. The Morgan fingerprint density at radius 3 is 2.70 bits per heavy atom. The number of carbonyl (C=O) groups excluding carboxylic acids is 2. The van der Waals surface area contributed by atoms with Crippen LogP contribution in [0, 0.1) is 5.82 Å². The first-order valence-electron chi connectivity index (χ1n) is 9.08. The zero-order chi connectivity index (χ0) is 21.1. The minimum atomic E-state index is -0.449. The summed E-state index contributed by atoms with van der Waals surface area (Å²) in [5.41, 5.74) is 1.93. The third kappa shape index (κ3) is 4.36. The predicted molar refractivity (Wildman–Crippen MR) is 109 cm³/mol. The molecule has 0 saturated carbocycles. The number of nitrogens with zero attached hydrogens (tertiary/aromatic N) is 5. The SMILES string of the molecule is O=C(Nc1cc(Cl)ccc1-n1cncn1)C1=NN(Cc2ccc(F)cc2)C(=O)CC1. The highest BCUT2D eigenvalue weighted by Crippen LogP contribution is 2.24. The molecule has 1 aromatic heterocycles. The first-order chi connectivity index (χ1) is 14.5. The summed E-state index contributed by atoms with van der Waals surface area (Å²) in [4.78, 5) is 29.0. The fraction of sp³-hybridized carbons (Fsp3) is 0.150. The molecule has 0 bridgehead atoms. The number of nitrogens with one attached hydrogen (secondary N) is 1. The third-order valence-electron chi connectivity index (χ3n) is 4.49. The van der Waals surface area contributed by atoms with Gasteiger partial charge < -0.3 is 5.32 Å². The van der Waals surface area contributed by atoms with E-state index in [0.717, 1.165) is 0 Å². The number of rotatable bonds is 5. The van der Waals surface area contributed by atoms with Crippen LogP contribution in [0.15, 0.2) is 60.2 Å². The van der Waals surface area contributed by atoms with E-state index in [4.69, 9.17) is 11.6 Å². The van der Waals surface area contributed by atoms with E-state index >= 15 is 0 Å². The number of aromatic nitrogens is 3. The molecule has 0 aliphatic carbocycles. The number of hydrazone groups is 1. The maximum Gasteiger partial charge on any atom is 0.271 e. The van der Waals surface area contributed by atoms with Crippen molar-refractivity contribution in [2.45, 2.75) is 19.4 Å². The van der Waals surface area contributed by atoms with Gasteiger partial charge in [-0.05, 0) is 35.9 Å². The van der Waals surface area contributed by atoms with Crippen LogP contribution in [0.1, 0.15) is 18.4 Å². The van der Waals surface area contributed by atoms with E-state index in [-0.39, 0.29) is 36.8 Å². The Morgan fingerprint density at radius 2 is 1.97 bits per heavy atom. The summed E-state index contributed by atoms with van der Waals surface area (Å²) in [5, 5.41) is 12.7. The summed E-state index contributed by atoms with van der Waals surface area (Å²) in [6.07, 6.45) is 3.24. The van der Waals surface area contributed by atoms with Crippen molar-refractivity contribution in [1.29, 1.82) is 0 Å². The molecular weight excluding hydrogens is 411 g/mol. The van der Waals surface area contributed by atoms with Crippen molar-refractivity contribution in [2.75, 3.05) is 5.32 Å². The molecule has 2 aromatic carbocycles. The second-order valence-electron chi connectivity index (χ2n) is 6.58. The number of hydrogen-bond donors (Lipinski definition) is 1. The van der Waals surface area contributed by atoms with E-state index in [1.54, 1.807) is 30.3 Å². The van der Waals surface area contributed by atoms with Crippen LogP contribution in [0.3, 0.4) is 0 Å². The molecular formula is C20H16ClFN6O2. The lowest BCUT2D eigenvalue weighted by atomic mass is 10.1. The molecule has 2 heterocycles. The van der Waals surface area contributed by atoms with Gasteiger partial charge in [0.25, 0.3) is 5.91 Å². The summed E-state index contributed by atoms with van der Waals surface area (Å²) in [6.45, 7) is 0.150. The number of amides is 2. The Labute approximate surface area is 176 Å². The third-order valence-corrected chi connectivity index (χ3v) is 4.72. The van der Waals surface area contributed by atoms with Gasteiger partial charge in [-0.15, -0.1) is 0 Å². The van der Waals surface area contributed by atoms with Crippen LogP contribution in [0.25, 0.3) is 5.69 Å². The lowest BCUT2D eigenvalue weighted by molar-refractivity contribution is -0.132. The summed E-state index contributed by atoms with van der Waals surface area (Å²) in [5.74, 6) is -1.02. The largest absolute Gasteiger partial charge is 0.319 e. The zero-order valence-corrected chi connectivity index (χ0v) is 16.4. The first kappa shape index (κ1) is 19.7. The van der Waals surface area contributed by atoms with Gasteiger partial charge in [0.15, 0.2) is 0 Å². The molecule has 30 heavy (non-hydrogen) atoms. The fourth-order valence-corrected chi connectivity index (χ4v) is 3.16. The van der Waals surface area contributed by atoms with Crippen LogP contribution < -0.4 is 5.32 Å². The topological polar surface area (TPSA) is 92.5 Å². The normalized spacial score (nSPS) is 13.9. The predicted octanol–water partition coefficient (Wildman–Crippen LogP) is 3.18. The summed E-state index contributed by atoms with van der Waals surface area (Å²) in [7, 11) is 0. The van der Waals surface area contributed by atoms with E-state index in [1.807, 2.05) is 0 Å². The van der Waals surface area contributed by atoms with Gasteiger partial charge in [-0.1, -0.05) is 23.7 Å². The van der Waals surface area contributed by atoms with Crippen LogP contribution in [0.5, 0.6) is 0 Å². The Morgan fingerprint density at radius 1 is 1.17 bits per heavy atom. The van der Waals surface area contributed by atoms with Gasteiger partial charge in [-0.25, -0.2) is 19.1 Å². The van der Waals surface area contributed by atoms with E-state index in [0.29, 0.717) is 22.0 Å². The van der Waals surface area contributed by atoms with Crippen molar-refractivity contribution in [3.8, 4) is 5.69 Å². The van der Waals surface area contributed by atoms with Gasteiger partial charge in [-0.2, -0.15) is 10.2 Å². The molecule has 0 fully saturated rings.